The lowest BCUT2D eigenvalue weighted by Gasteiger charge is -2.23. The number of ether oxygens (including phenoxy) is 2. The van der Waals surface area contributed by atoms with Gasteiger partial charge in [-0.25, -0.2) is 4.79 Å². The zero-order valence-electron chi connectivity index (χ0n) is 15.4. The van der Waals surface area contributed by atoms with Gasteiger partial charge in [-0.05, 0) is 31.0 Å². The highest BCUT2D eigenvalue weighted by Gasteiger charge is 2.17. The molecule has 0 spiro atoms. The quantitative estimate of drug-likeness (QED) is 0.784. The number of hydrogen-bond donors (Lipinski definition) is 1. The van der Waals surface area contributed by atoms with Gasteiger partial charge in [0.2, 0.25) is 5.91 Å². The van der Waals surface area contributed by atoms with Crippen molar-refractivity contribution in [3.05, 3.63) is 40.8 Å². The molecule has 1 saturated carbocycles. The van der Waals surface area contributed by atoms with E-state index in [1.165, 1.54) is 18.1 Å². The number of aromatic nitrogens is 1. The number of methoxy groups -OCH3 is 1. The Kier molecular flexibility index (Phi) is 6.11. The van der Waals surface area contributed by atoms with Crippen molar-refractivity contribution in [1.82, 2.24) is 9.88 Å². The number of nitrogens with one attached hydrogen (secondary N) is 1. The molecule has 0 bridgehead atoms. The average molecular weight is 372 g/mol. The summed E-state index contributed by atoms with van der Waals surface area (Å²) in [4.78, 5) is 36.3. The van der Waals surface area contributed by atoms with E-state index in [2.05, 4.69) is 10.1 Å². The van der Waals surface area contributed by atoms with Crippen LogP contribution < -0.4 is 15.6 Å². The van der Waals surface area contributed by atoms with Crippen LogP contribution in [0.25, 0.3) is 10.8 Å². The highest BCUT2D eigenvalue weighted by Crippen LogP contribution is 2.23. The van der Waals surface area contributed by atoms with Gasteiger partial charge < -0.3 is 19.4 Å². The highest BCUT2D eigenvalue weighted by molar-refractivity contribution is 5.88. The molecule has 1 amide bonds. The van der Waals surface area contributed by atoms with Gasteiger partial charge in [0, 0.05) is 17.6 Å². The van der Waals surface area contributed by atoms with E-state index in [-0.39, 0.29) is 30.7 Å². The van der Waals surface area contributed by atoms with E-state index in [4.69, 9.17) is 4.74 Å². The summed E-state index contributed by atoms with van der Waals surface area (Å²) in [5.74, 6) is -0.227. The van der Waals surface area contributed by atoms with Crippen LogP contribution >= 0.6 is 0 Å². The van der Waals surface area contributed by atoms with Gasteiger partial charge in [0.05, 0.1) is 12.5 Å². The van der Waals surface area contributed by atoms with Crippen molar-refractivity contribution in [3.8, 4) is 5.75 Å². The van der Waals surface area contributed by atoms with Crippen LogP contribution in [0.1, 0.15) is 32.1 Å². The molecule has 2 aromatic rings. The first-order valence-electron chi connectivity index (χ1n) is 9.19. The highest BCUT2D eigenvalue weighted by atomic mass is 16.6. The first kappa shape index (κ1) is 18.9. The molecule has 1 fully saturated rings. The standard InChI is InChI=1S/C20H24N2O5/c1-26-19(24)13-27-17-9-5-8-16-15(17)10-11-22(20(16)25)12-18(23)21-14-6-3-2-4-7-14/h5,8-11,14H,2-4,6-7,12-13H2,1H3,(H,21,23). The molecule has 7 nitrogen and oxygen atoms in total. The van der Waals surface area contributed by atoms with Crippen molar-refractivity contribution in [3.63, 3.8) is 0 Å². The maximum atomic E-state index is 12.7. The largest absolute Gasteiger partial charge is 0.481 e. The Balaban J connectivity index is 1.75. The number of rotatable bonds is 6. The summed E-state index contributed by atoms with van der Waals surface area (Å²) in [5, 5.41) is 4.05. The van der Waals surface area contributed by atoms with Gasteiger partial charge >= 0.3 is 5.97 Å². The normalized spacial score (nSPS) is 14.7. The summed E-state index contributed by atoms with van der Waals surface area (Å²) in [5.41, 5.74) is -0.269. The van der Waals surface area contributed by atoms with Crippen molar-refractivity contribution in [1.29, 1.82) is 0 Å². The van der Waals surface area contributed by atoms with Gasteiger partial charge in [0.15, 0.2) is 6.61 Å². The first-order valence-corrected chi connectivity index (χ1v) is 9.19. The van der Waals surface area contributed by atoms with Crippen molar-refractivity contribution in [2.45, 2.75) is 44.7 Å². The second-order valence-electron chi connectivity index (χ2n) is 6.73. The van der Waals surface area contributed by atoms with Crippen molar-refractivity contribution >= 4 is 22.6 Å². The number of nitrogens with zero attached hydrogens (tertiary/aromatic N) is 1. The maximum absolute atomic E-state index is 12.7. The van der Waals surface area contributed by atoms with Crippen LogP contribution in [0, 0.1) is 0 Å². The summed E-state index contributed by atoms with van der Waals surface area (Å²) in [6.45, 7) is -0.249. The molecule has 7 heteroatoms. The van der Waals surface area contributed by atoms with E-state index in [9.17, 15) is 14.4 Å². The number of carbonyl (C=O) groups is 2. The molecule has 1 aliphatic rings. The fourth-order valence-electron chi connectivity index (χ4n) is 3.41. The minimum Gasteiger partial charge on any atom is -0.481 e. The fraction of sp³-hybridized carbons (Fsp3) is 0.450. The molecule has 27 heavy (non-hydrogen) atoms. The van der Waals surface area contributed by atoms with Crippen LogP contribution in [-0.4, -0.2) is 36.2 Å². The van der Waals surface area contributed by atoms with Gasteiger partial charge in [-0.1, -0.05) is 25.3 Å². The maximum Gasteiger partial charge on any atom is 0.343 e. The molecule has 1 aliphatic carbocycles. The second-order valence-corrected chi connectivity index (χ2v) is 6.73. The third-order valence-corrected chi connectivity index (χ3v) is 4.84. The monoisotopic (exact) mass is 372 g/mol. The van der Waals surface area contributed by atoms with E-state index in [0.29, 0.717) is 16.5 Å². The Morgan fingerprint density at radius 2 is 1.93 bits per heavy atom. The lowest BCUT2D eigenvalue weighted by atomic mass is 9.95. The number of fused-ring (bicyclic) bond motifs is 1. The summed E-state index contributed by atoms with van der Waals surface area (Å²) in [6.07, 6.45) is 7.07. The van der Waals surface area contributed by atoms with E-state index in [1.54, 1.807) is 30.5 Å². The summed E-state index contributed by atoms with van der Waals surface area (Å²) in [7, 11) is 1.28. The smallest absolute Gasteiger partial charge is 0.343 e. The molecule has 0 aliphatic heterocycles. The van der Waals surface area contributed by atoms with Gasteiger partial charge in [0.25, 0.3) is 5.56 Å². The van der Waals surface area contributed by atoms with E-state index in [1.807, 2.05) is 0 Å². The SMILES string of the molecule is COC(=O)COc1cccc2c(=O)n(CC(=O)NC3CCCCC3)ccc12. The number of benzene rings is 1. The number of amides is 1. The van der Waals surface area contributed by atoms with Crippen LogP contribution in [0.2, 0.25) is 0 Å². The van der Waals surface area contributed by atoms with Gasteiger partial charge in [-0.2, -0.15) is 0 Å². The molecule has 1 aromatic heterocycles. The topological polar surface area (TPSA) is 86.6 Å². The molecule has 0 saturated heterocycles. The van der Waals surface area contributed by atoms with Crippen molar-refractivity contribution in [2.24, 2.45) is 0 Å². The molecular formula is C20H24N2O5. The van der Waals surface area contributed by atoms with Crippen molar-refractivity contribution in [2.75, 3.05) is 13.7 Å². The third-order valence-electron chi connectivity index (χ3n) is 4.84. The third kappa shape index (κ3) is 4.67. The molecule has 144 valence electrons. The summed E-state index contributed by atoms with van der Waals surface area (Å²) >= 11 is 0. The molecule has 0 unspecified atom stereocenters. The number of carbonyl (C=O) groups excluding carboxylic acids is 2. The number of esters is 1. The van der Waals surface area contributed by atoms with Crippen LogP contribution in [-0.2, 0) is 20.9 Å². The lowest BCUT2D eigenvalue weighted by molar-refractivity contribution is -0.142. The van der Waals surface area contributed by atoms with Gasteiger partial charge in [-0.15, -0.1) is 0 Å². The zero-order chi connectivity index (χ0) is 19.2. The second kappa shape index (κ2) is 8.70. The molecule has 0 atom stereocenters. The Labute approximate surface area is 157 Å². The Hall–Kier alpha value is -2.83. The van der Waals surface area contributed by atoms with Crippen LogP contribution in [0.5, 0.6) is 5.75 Å². The summed E-state index contributed by atoms with van der Waals surface area (Å²) in [6, 6.07) is 6.98. The molecule has 1 aromatic carbocycles. The molecule has 1 heterocycles. The van der Waals surface area contributed by atoms with Crippen LogP contribution in [0.4, 0.5) is 0 Å². The molecule has 1 N–H and O–H groups in total. The molecule has 0 radical (unpaired) electrons. The predicted molar refractivity (Wildman–Crippen MR) is 101 cm³/mol. The van der Waals surface area contributed by atoms with Crippen LogP contribution in [0.15, 0.2) is 35.3 Å². The molecule has 3 rings (SSSR count). The average Bonchev–Trinajstić information content (AvgIpc) is 2.69. The van der Waals surface area contributed by atoms with Gasteiger partial charge in [0.1, 0.15) is 12.3 Å². The minimum atomic E-state index is -0.500. The molecular weight excluding hydrogens is 348 g/mol. The first-order chi connectivity index (χ1) is 13.1. The minimum absolute atomic E-state index is 0.0154. The number of hydrogen-bond acceptors (Lipinski definition) is 5. The Morgan fingerprint density at radius 1 is 1.15 bits per heavy atom. The Bertz CT molecular complexity index is 884. The Morgan fingerprint density at radius 3 is 2.67 bits per heavy atom. The zero-order valence-corrected chi connectivity index (χ0v) is 15.4. The summed E-state index contributed by atoms with van der Waals surface area (Å²) < 4.78 is 11.4. The fourth-order valence-corrected chi connectivity index (χ4v) is 3.41. The van der Waals surface area contributed by atoms with E-state index in [0.717, 1.165) is 25.7 Å². The van der Waals surface area contributed by atoms with E-state index < -0.39 is 5.97 Å². The lowest BCUT2D eigenvalue weighted by Crippen LogP contribution is -2.39. The number of pyridine rings is 1. The predicted octanol–water partition coefficient (Wildman–Crippen LogP) is 2.00. The van der Waals surface area contributed by atoms with Crippen LogP contribution in [0.3, 0.4) is 0 Å². The van der Waals surface area contributed by atoms with Crippen molar-refractivity contribution < 1.29 is 19.1 Å². The van der Waals surface area contributed by atoms with Gasteiger partial charge in [-0.3, -0.25) is 9.59 Å². The van der Waals surface area contributed by atoms with E-state index >= 15 is 0 Å².